The van der Waals surface area contributed by atoms with E-state index in [-0.39, 0.29) is 0 Å². The van der Waals surface area contributed by atoms with Crippen LogP contribution in [-0.4, -0.2) is 72.1 Å². The van der Waals surface area contributed by atoms with Gasteiger partial charge < -0.3 is 9.80 Å². The first-order valence-corrected chi connectivity index (χ1v) is 8.07. The molecule has 2 aliphatic rings. The van der Waals surface area contributed by atoms with Gasteiger partial charge in [-0.05, 0) is 53.5 Å². The van der Waals surface area contributed by atoms with Gasteiger partial charge in [-0.2, -0.15) is 0 Å². The van der Waals surface area contributed by atoms with E-state index in [4.69, 9.17) is 0 Å². The minimum Gasteiger partial charge on any atom is -0.301 e. The molecule has 0 saturated carbocycles. The Morgan fingerprint density at radius 1 is 1.00 bits per heavy atom. The van der Waals surface area contributed by atoms with Crippen LogP contribution in [0.25, 0.3) is 0 Å². The average molecular weight is 267 g/mol. The molecule has 0 atom stereocenters. The third kappa shape index (κ3) is 4.17. The summed E-state index contributed by atoms with van der Waals surface area (Å²) in [6, 6.07) is 0.742. The number of nitrogens with zero attached hydrogens (tertiary/aromatic N) is 3. The van der Waals surface area contributed by atoms with E-state index < -0.39 is 0 Å². The molecule has 0 spiro atoms. The molecule has 2 rings (SSSR count). The van der Waals surface area contributed by atoms with Crippen LogP contribution in [0.1, 0.15) is 41.0 Å². The highest BCUT2D eigenvalue weighted by molar-refractivity contribution is 4.85. The average Bonchev–Trinajstić information content (AvgIpc) is 2.25. The van der Waals surface area contributed by atoms with Gasteiger partial charge >= 0.3 is 0 Å². The SMILES string of the molecule is CC(C)N1CC(CCN2CCN(C(C)(C)C)CC2)C1. The molecule has 0 aromatic carbocycles. The summed E-state index contributed by atoms with van der Waals surface area (Å²) in [5, 5.41) is 0. The Morgan fingerprint density at radius 2 is 1.58 bits per heavy atom. The zero-order valence-electron chi connectivity index (χ0n) is 13.7. The number of hydrogen-bond acceptors (Lipinski definition) is 3. The minimum atomic E-state index is 0.345. The van der Waals surface area contributed by atoms with Crippen molar-refractivity contribution in [1.29, 1.82) is 0 Å². The molecule has 0 radical (unpaired) electrons. The zero-order chi connectivity index (χ0) is 14.0. The maximum atomic E-state index is 2.67. The van der Waals surface area contributed by atoms with Crippen LogP contribution in [0.5, 0.6) is 0 Å². The van der Waals surface area contributed by atoms with Crippen molar-refractivity contribution >= 4 is 0 Å². The summed E-state index contributed by atoms with van der Waals surface area (Å²) < 4.78 is 0. The number of hydrogen-bond donors (Lipinski definition) is 0. The molecule has 2 fully saturated rings. The van der Waals surface area contributed by atoms with E-state index in [1.165, 1.54) is 52.2 Å². The molecule has 0 aromatic rings. The van der Waals surface area contributed by atoms with Crippen LogP contribution in [0, 0.1) is 5.92 Å². The van der Waals surface area contributed by atoms with Crippen LogP contribution in [0.2, 0.25) is 0 Å². The van der Waals surface area contributed by atoms with Gasteiger partial charge in [-0.3, -0.25) is 4.90 Å². The lowest BCUT2D eigenvalue weighted by Gasteiger charge is -2.45. The van der Waals surface area contributed by atoms with Crippen LogP contribution >= 0.6 is 0 Å². The molecule has 3 heteroatoms. The van der Waals surface area contributed by atoms with Gasteiger partial charge in [0.05, 0.1) is 0 Å². The molecule has 112 valence electrons. The molecule has 0 amide bonds. The fraction of sp³-hybridized carbons (Fsp3) is 1.00. The molecule has 2 heterocycles. The summed E-state index contributed by atoms with van der Waals surface area (Å²) in [6.45, 7) is 20.6. The van der Waals surface area contributed by atoms with E-state index in [0.717, 1.165) is 12.0 Å². The van der Waals surface area contributed by atoms with Crippen molar-refractivity contribution < 1.29 is 0 Å². The highest BCUT2D eigenvalue weighted by atomic mass is 15.3. The van der Waals surface area contributed by atoms with Gasteiger partial charge in [0.2, 0.25) is 0 Å². The van der Waals surface area contributed by atoms with E-state index >= 15 is 0 Å². The van der Waals surface area contributed by atoms with Gasteiger partial charge in [0.25, 0.3) is 0 Å². The first-order valence-electron chi connectivity index (χ1n) is 8.07. The van der Waals surface area contributed by atoms with Crippen LogP contribution in [0.3, 0.4) is 0 Å². The van der Waals surface area contributed by atoms with E-state index in [1.54, 1.807) is 0 Å². The molecule has 0 aromatic heterocycles. The second-order valence-corrected chi connectivity index (χ2v) is 7.70. The molecule has 3 nitrogen and oxygen atoms in total. The Labute approximate surface area is 119 Å². The molecule has 0 N–H and O–H groups in total. The summed E-state index contributed by atoms with van der Waals surface area (Å²) in [5.41, 5.74) is 0.345. The molecule has 0 bridgehead atoms. The molecule has 19 heavy (non-hydrogen) atoms. The van der Waals surface area contributed by atoms with Crippen LogP contribution in [0.15, 0.2) is 0 Å². The van der Waals surface area contributed by atoms with Crippen molar-refractivity contribution in [2.24, 2.45) is 5.92 Å². The van der Waals surface area contributed by atoms with Crippen LogP contribution in [-0.2, 0) is 0 Å². The quantitative estimate of drug-likeness (QED) is 0.772. The Balaban J connectivity index is 1.60. The number of rotatable bonds is 4. The molecule has 0 unspecified atom stereocenters. The van der Waals surface area contributed by atoms with E-state index in [0.29, 0.717) is 5.54 Å². The topological polar surface area (TPSA) is 9.72 Å². The van der Waals surface area contributed by atoms with Gasteiger partial charge in [0, 0.05) is 50.8 Å². The normalized spacial score (nSPS) is 24.9. The predicted molar refractivity (Wildman–Crippen MR) is 82.6 cm³/mol. The third-order valence-corrected chi connectivity index (χ3v) is 4.89. The fourth-order valence-corrected chi connectivity index (χ4v) is 3.22. The molecular weight excluding hydrogens is 234 g/mol. The van der Waals surface area contributed by atoms with Crippen molar-refractivity contribution in [3.05, 3.63) is 0 Å². The summed E-state index contributed by atoms with van der Waals surface area (Å²) in [6.07, 6.45) is 1.40. The van der Waals surface area contributed by atoms with Gasteiger partial charge in [0.1, 0.15) is 0 Å². The van der Waals surface area contributed by atoms with Crippen LogP contribution in [0.4, 0.5) is 0 Å². The lowest BCUT2D eigenvalue weighted by molar-refractivity contribution is 0.0360. The highest BCUT2D eigenvalue weighted by Crippen LogP contribution is 2.22. The van der Waals surface area contributed by atoms with Crippen molar-refractivity contribution in [2.75, 3.05) is 45.8 Å². The highest BCUT2D eigenvalue weighted by Gasteiger charge is 2.30. The van der Waals surface area contributed by atoms with Crippen molar-refractivity contribution in [3.8, 4) is 0 Å². The number of piperazine rings is 1. The number of likely N-dealkylation sites (tertiary alicyclic amines) is 1. The van der Waals surface area contributed by atoms with Crippen molar-refractivity contribution in [1.82, 2.24) is 14.7 Å². The van der Waals surface area contributed by atoms with Gasteiger partial charge in [-0.15, -0.1) is 0 Å². The van der Waals surface area contributed by atoms with Crippen LogP contribution < -0.4 is 0 Å². The second kappa shape index (κ2) is 6.11. The van der Waals surface area contributed by atoms with Crippen molar-refractivity contribution in [2.45, 2.75) is 52.6 Å². The minimum absolute atomic E-state index is 0.345. The summed E-state index contributed by atoms with van der Waals surface area (Å²) in [4.78, 5) is 7.87. The largest absolute Gasteiger partial charge is 0.301 e. The first-order chi connectivity index (χ1) is 8.86. The first kappa shape index (κ1) is 15.3. The predicted octanol–water partition coefficient (Wildman–Crippen LogP) is 2.13. The molecular formula is C16H33N3. The molecule has 2 saturated heterocycles. The van der Waals surface area contributed by atoms with Gasteiger partial charge in [-0.1, -0.05) is 0 Å². The Morgan fingerprint density at radius 3 is 2.05 bits per heavy atom. The lowest BCUT2D eigenvalue weighted by Crippen LogP contribution is -2.54. The summed E-state index contributed by atoms with van der Waals surface area (Å²) >= 11 is 0. The maximum absolute atomic E-state index is 2.67. The van der Waals surface area contributed by atoms with E-state index in [9.17, 15) is 0 Å². The molecule has 0 aliphatic carbocycles. The maximum Gasteiger partial charge on any atom is 0.0126 e. The monoisotopic (exact) mass is 267 g/mol. The van der Waals surface area contributed by atoms with E-state index in [1.807, 2.05) is 0 Å². The third-order valence-electron chi connectivity index (χ3n) is 4.89. The van der Waals surface area contributed by atoms with Gasteiger partial charge in [0.15, 0.2) is 0 Å². The van der Waals surface area contributed by atoms with E-state index in [2.05, 4.69) is 49.3 Å². The molecule has 2 aliphatic heterocycles. The smallest absolute Gasteiger partial charge is 0.0126 e. The Hall–Kier alpha value is -0.120. The summed E-state index contributed by atoms with van der Waals surface area (Å²) in [5.74, 6) is 0.961. The Bertz CT molecular complexity index is 268. The van der Waals surface area contributed by atoms with Crippen molar-refractivity contribution in [3.63, 3.8) is 0 Å². The Kier molecular flexibility index (Phi) is 4.91. The standard InChI is InChI=1S/C16H33N3/c1-14(2)18-12-15(13-18)6-7-17-8-10-19(11-9-17)16(3,4)5/h14-15H,6-13H2,1-5H3. The zero-order valence-corrected chi connectivity index (χ0v) is 13.7. The summed E-state index contributed by atoms with van der Waals surface area (Å²) in [7, 11) is 0. The van der Waals surface area contributed by atoms with Gasteiger partial charge in [-0.25, -0.2) is 0 Å². The lowest BCUT2D eigenvalue weighted by atomic mass is 9.94. The second-order valence-electron chi connectivity index (χ2n) is 7.70. The fourth-order valence-electron chi connectivity index (χ4n) is 3.22.